The lowest BCUT2D eigenvalue weighted by Crippen LogP contribution is -2.46. The quantitative estimate of drug-likeness (QED) is 0.504. The van der Waals surface area contributed by atoms with Crippen LogP contribution in [-0.4, -0.2) is 53.2 Å². The number of para-hydroxylation sites is 1. The largest absolute Gasteiger partial charge is 0.394 e. The van der Waals surface area contributed by atoms with E-state index in [0.717, 1.165) is 0 Å². The molecule has 21 heavy (non-hydrogen) atoms. The highest BCUT2D eigenvalue weighted by Gasteiger charge is 2.22. The molecule has 2 rings (SSSR count). The van der Waals surface area contributed by atoms with Gasteiger partial charge in [-0.3, -0.25) is 14.9 Å². The van der Waals surface area contributed by atoms with Crippen LogP contribution in [0, 0.1) is 10.1 Å². The SMILES string of the molecule is O=C(/C=C/c1ccccc1[N+](=O)[O-])N1CCOC(CO)C1. The van der Waals surface area contributed by atoms with Crippen LogP contribution in [0.3, 0.4) is 0 Å². The number of ether oxygens (including phenoxy) is 1. The van der Waals surface area contributed by atoms with Gasteiger partial charge in [-0.2, -0.15) is 0 Å². The van der Waals surface area contributed by atoms with Crippen LogP contribution in [0.4, 0.5) is 5.69 Å². The average molecular weight is 292 g/mol. The van der Waals surface area contributed by atoms with E-state index in [1.54, 1.807) is 23.1 Å². The monoisotopic (exact) mass is 292 g/mol. The van der Waals surface area contributed by atoms with Crippen LogP contribution in [0.25, 0.3) is 6.08 Å². The molecule has 0 saturated carbocycles. The third kappa shape index (κ3) is 3.87. The van der Waals surface area contributed by atoms with Gasteiger partial charge in [0.05, 0.1) is 29.8 Å². The summed E-state index contributed by atoms with van der Waals surface area (Å²) in [6.45, 7) is 0.987. The number of rotatable bonds is 4. The summed E-state index contributed by atoms with van der Waals surface area (Å²) in [5.74, 6) is -0.255. The second kappa shape index (κ2) is 6.96. The Morgan fingerprint density at radius 1 is 1.52 bits per heavy atom. The maximum Gasteiger partial charge on any atom is 0.276 e. The molecule has 1 heterocycles. The Morgan fingerprint density at radius 2 is 2.29 bits per heavy atom. The van der Waals surface area contributed by atoms with Crippen molar-refractivity contribution in [2.75, 3.05) is 26.3 Å². The van der Waals surface area contributed by atoms with Crippen LogP contribution >= 0.6 is 0 Å². The number of hydrogen-bond donors (Lipinski definition) is 1. The number of amides is 1. The minimum atomic E-state index is -0.485. The van der Waals surface area contributed by atoms with Crippen molar-refractivity contribution in [2.24, 2.45) is 0 Å². The molecule has 1 fully saturated rings. The van der Waals surface area contributed by atoms with Gasteiger partial charge in [-0.1, -0.05) is 12.1 Å². The van der Waals surface area contributed by atoms with Crippen molar-refractivity contribution in [2.45, 2.75) is 6.10 Å². The highest BCUT2D eigenvalue weighted by Crippen LogP contribution is 2.19. The number of nitrogens with zero attached hydrogens (tertiary/aromatic N) is 2. The maximum atomic E-state index is 12.0. The zero-order valence-electron chi connectivity index (χ0n) is 11.3. The topological polar surface area (TPSA) is 92.9 Å². The highest BCUT2D eigenvalue weighted by molar-refractivity contribution is 5.92. The van der Waals surface area contributed by atoms with Gasteiger partial charge in [0, 0.05) is 25.2 Å². The zero-order valence-corrected chi connectivity index (χ0v) is 11.3. The van der Waals surface area contributed by atoms with Crippen molar-refractivity contribution in [3.05, 3.63) is 46.0 Å². The molecule has 1 atom stereocenters. The lowest BCUT2D eigenvalue weighted by atomic mass is 10.1. The first kappa shape index (κ1) is 15.1. The number of nitro benzene ring substituents is 1. The Kier molecular flexibility index (Phi) is 5.02. The summed E-state index contributed by atoms with van der Waals surface area (Å²) in [7, 11) is 0. The minimum Gasteiger partial charge on any atom is -0.394 e. The predicted octanol–water partition coefficient (Wildman–Crippen LogP) is 0.828. The summed E-state index contributed by atoms with van der Waals surface area (Å²) < 4.78 is 5.26. The molecular formula is C14H16N2O5. The first-order valence-electron chi connectivity index (χ1n) is 6.54. The summed E-state index contributed by atoms with van der Waals surface area (Å²) in [5.41, 5.74) is 0.333. The van der Waals surface area contributed by atoms with Crippen LogP contribution < -0.4 is 0 Å². The standard InChI is InChI=1S/C14H16N2O5/c17-10-12-9-15(7-8-21-12)14(18)6-5-11-3-1-2-4-13(11)16(19)20/h1-6,12,17H,7-10H2/b6-5+. The molecule has 1 aromatic carbocycles. The van der Waals surface area contributed by atoms with Crippen molar-refractivity contribution in [3.63, 3.8) is 0 Å². The fourth-order valence-corrected chi connectivity index (χ4v) is 2.09. The number of morpholine rings is 1. The summed E-state index contributed by atoms with van der Waals surface area (Å²) in [5, 5.41) is 19.9. The van der Waals surface area contributed by atoms with Crippen molar-refractivity contribution in [1.82, 2.24) is 4.90 Å². The van der Waals surface area contributed by atoms with Gasteiger partial charge in [0.15, 0.2) is 0 Å². The molecule has 1 amide bonds. The molecule has 1 aliphatic heterocycles. The van der Waals surface area contributed by atoms with E-state index in [1.165, 1.54) is 18.2 Å². The van der Waals surface area contributed by atoms with E-state index < -0.39 is 4.92 Å². The number of carbonyl (C=O) groups is 1. The second-order valence-electron chi connectivity index (χ2n) is 4.61. The van der Waals surface area contributed by atoms with Crippen LogP contribution in [-0.2, 0) is 9.53 Å². The first-order valence-corrected chi connectivity index (χ1v) is 6.54. The first-order chi connectivity index (χ1) is 10.1. The zero-order chi connectivity index (χ0) is 15.2. The van der Waals surface area contributed by atoms with Gasteiger partial charge in [0.1, 0.15) is 0 Å². The number of hydrogen-bond acceptors (Lipinski definition) is 5. The van der Waals surface area contributed by atoms with E-state index >= 15 is 0 Å². The van der Waals surface area contributed by atoms with E-state index in [4.69, 9.17) is 9.84 Å². The van der Waals surface area contributed by atoms with Crippen LogP contribution in [0.2, 0.25) is 0 Å². The Balaban J connectivity index is 2.07. The number of carbonyl (C=O) groups excluding carboxylic acids is 1. The highest BCUT2D eigenvalue weighted by atomic mass is 16.6. The smallest absolute Gasteiger partial charge is 0.276 e. The summed E-state index contributed by atoms with van der Waals surface area (Å²) in [6, 6.07) is 6.22. The normalized spacial score (nSPS) is 18.9. The molecule has 1 unspecified atom stereocenters. The molecule has 0 bridgehead atoms. The fraction of sp³-hybridized carbons (Fsp3) is 0.357. The van der Waals surface area contributed by atoms with E-state index in [1.807, 2.05) is 0 Å². The van der Waals surface area contributed by atoms with E-state index in [0.29, 0.717) is 25.3 Å². The fourth-order valence-electron chi connectivity index (χ4n) is 2.09. The van der Waals surface area contributed by atoms with Gasteiger partial charge >= 0.3 is 0 Å². The molecule has 0 aromatic heterocycles. The van der Waals surface area contributed by atoms with E-state index in [9.17, 15) is 14.9 Å². The molecule has 0 aliphatic carbocycles. The maximum absolute atomic E-state index is 12.0. The van der Waals surface area contributed by atoms with E-state index in [2.05, 4.69) is 0 Å². The molecule has 7 nitrogen and oxygen atoms in total. The van der Waals surface area contributed by atoms with E-state index in [-0.39, 0.29) is 24.3 Å². The Hall–Kier alpha value is -2.25. The second-order valence-corrected chi connectivity index (χ2v) is 4.61. The van der Waals surface area contributed by atoms with Crippen molar-refractivity contribution >= 4 is 17.7 Å². The molecule has 7 heteroatoms. The minimum absolute atomic E-state index is 0.0447. The molecule has 0 radical (unpaired) electrons. The predicted molar refractivity (Wildman–Crippen MR) is 75.5 cm³/mol. The van der Waals surface area contributed by atoms with Gasteiger partial charge in [-0.15, -0.1) is 0 Å². The number of aliphatic hydroxyl groups excluding tert-OH is 1. The van der Waals surface area contributed by atoms with Crippen molar-refractivity contribution in [3.8, 4) is 0 Å². The molecule has 112 valence electrons. The van der Waals surface area contributed by atoms with Crippen molar-refractivity contribution in [1.29, 1.82) is 0 Å². The van der Waals surface area contributed by atoms with Crippen LogP contribution in [0.5, 0.6) is 0 Å². The Labute approximate surface area is 121 Å². The molecule has 1 N–H and O–H groups in total. The molecule has 1 aromatic rings. The van der Waals surface area contributed by atoms with Gasteiger partial charge < -0.3 is 14.7 Å². The van der Waals surface area contributed by atoms with Gasteiger partial charge in [0.2, 0.25) is 5.91 Å². The summed E-state index contributed by atoms with van der Waals surface area (Å²) >= 11 is 0. The Morgan fingerprint density at radius 3 is 3.00 bits per heavy atom. The molecule has 0 spiro atoms. The molecule has 1 aliphatic rings. The Bertz CT molecular complexity index is 558. The lowest BCUT2D eigenvalue weighted by molar-refractivity contribution is -0.385. The van der Waals surface area contributed by atoms with Gasteiger partial charge in [0.25, 0.3) is 5.69 Å². The molecule has 1 saturated heterocycles. The third-order valence-electron chi connectivity index (χ3n) is 3.19. The van der Waals surface area contributed by atoms with Gasteiger partial charge in [-0.25, -0.2) is 0 Å². The number of nitro groups is 1. The van der Waals surface area contributed by atoms with Crippen LogP contribution in [0.15, 0.2) is 30.3 Å². The van der Waals surface area contributed by atoms with Gasteiger partial charge in [-0.05, 0) is 12.1 Å². The summed E-state index contributed by atoms with van der Waals surface area (Å²) in [6.07, 6.45) is 2.37. The number of benzene rings is 1. The number of aliphatic hydroxyl groups is 1. The average Bonchev–Trinajstić information content (AvgIpc) is 2.52. The summed E-state index contributed by atoms with van der Waals surface area (Å²) in [4.78, 5) is 24.0. The van der Waals surface area contributed by atoms with Crippen molar-refractivity contribution < 1.29 is 19.6 Å². The van der Waals surface area contributed by atoms with Crippen LogP contribution in [0.1, 0.15) is 5.56 Å². The lowest BCUT2D eigenvalue weighted by Gasteiger charge is -2.31. The third-order valence-corrected chi connectivity index (χ3v) is 3.19. The molecular weight excluding hydrogens is 276 g/mol.